The number of hydrogen-bond acceptors (Lipinski definition) is 2. The SMILES string of the molecule is CN(CC(F)(F)F)C(=O)C1CC2CCC1N2. The smallest absolute Gasteiger partial charge is 0.336 e. The second kappa shape index (κ2) is 3.91. The van der Waals surface area contributed by atoms with Gasteiger partial charge >= 0.3 is 6.18 Å². The Kier molecular flexibility index (Phi) is 2.86. The van der Waals surface area contributed by atoms with Crippen molar-refractivity contribution in [3.05, 3.63) is 0 Å². The van der Waals surface area contributed by atoms with Crippen molar-refractivity contribution in [1.82, 2.24) is 10.2 Å². The van der Waals surface area contributed by atoms with Gasteiger partial charge in [0.05, 0.1) is 5.92 Å². The van der Waals surface area contributed by atoms with E-state index >= 15 is 0 Å². The van der Waals surface area contributed by atoms with Crippen LogP contribution in [-0.2, 0) is 4.79 Å². The van der Waals surface area contributed by atoms with Gasteiger partial charge in [-0.15, -0.1) is 0 Å². The van der Waals surface area contributed by atoms with Crippen molar-refractivity contribution in [2.45, 2.75) is 37.5 Å². The molecule has 0 aromatic heterocycles. The van der Waals surface area contributed by atoms with Gasteiger partial charge in [-0.2, -0.15) is 13.2 Å². The van der Waals surface area contributed by atoms with Crippen LogP contribution in [0.2, 0.25) is 0 Å². The minimum absolute atomic E-state index is 0.0909. The van der Waals surface area contributed by atoms with Gasteiger partial charge in [-0.25, -0.2) is 0 Å². The molecule has 2 heterocycles. The molecule has 3 atom stereocenters. The standard InChI is InChI=1S/C10H15F3N2O/c1-15(5-10(11,12)13)9(16)7-4-6-2-3-8(7)14-6/h6-8,14H,2-5H2,1H3. The number of alkyl halides is 3. The minimum atomic E-state index is -4.31. The third-order valence-corrected chi connectivity index (χ3v) is 3.41. The van der Waals surface area contributed by atoms with Crippen molar-refractivity contribution in [1.29, 1.82) is 0 Å². The quantitative estimate of drug-likeness (QED) is 0.780. The first kappa shape index (κ1) is 11.7. The molecule has 0 aromatic carbocycles. The molecule has 2 fully saturated rings. The van der Waals surface area contributed by atoms with E-state index in [0.717, 1.165) is 17.7 Å². The van der Waals surface area contributed by atoms with E-state index in [1.54, 1.807) is 0 Å². The Morgan fingerprint density at radius 1 is 1.44 bits per heavy atom. The Hall–Kier alpha value is -0.780. The van der Waals surface area contributed by atoms with Gasteiger partial charge in [-0.05, 0) is 19.3 Å². The predicted octanol–water partition coefficient (Wildman–Crippen LogP) is 1.15. The van der Waals surface area contributed by atoms with Gasteiger partial charge < -0.3 is 10.2 Å². The fraction of sp³-hybridized carbons (Fsp3) is 0.900. The number of nitrogens with one attached hydrogen (secondary N) is 1. The molecule has 0 spiro atoms. The lowest BCUT2D eigenvalue weighted by Gasteiger charge is -2.26. The molecule has 2 saturated heterocycles. The maximum Gasteiger partial charge on any atom is 0.406 e. The minimum Gasteiger partial charge on any atom is -0.336 e. The second-order valence-electron chi connectivity index (χ2n) is 4.70. The second-order valence-corrected chi connectivity index (χ2v) is 4.70. The van der Waals surface area contributed by atoms with Crippen LogP contribution in [-0.4, -0.2) is 42.7 Å². The Morgan fingerprint density at radius 3 is 2.56 bits per heavy atom. The van der Waals surface area contributed by atoms with Crippen LogP contribution in [0.1, 0.15) is 19.3 Å². The molecule has 3 unspecified atom stereocenters. The van der Waals surface area contributed by atoms with E-state index in [2.05, 4.69) is 5.32 Å². The van der Waals surface area contributed by atoms with Crippen molar-refractivity contribution in [3.63, 3.8) is 0 Å². The molecule has 92 valence electrons. The van der Waals surface area contributed by atoms with Gasteiger partial charge in [0, 0.05) is 19.1 Å². The molecule has 1 amide bonds. The van der Waals surface area contributed by atoms with Crippen molar-refractivity contribution >= 4 is 5.91 Å². The number of nitrogens with zero attached hydrogens (tertiary/aromatic N) is 1. The summed E-state index contributed by atoms with van der Waals surface area (Å²) in [5, 5.41) is 3.25. The number of carbonyl (C=O) groups excluding carboxylic acids is 1. The van der Waals surface area contributed by atoms with Crippen LogP contribution in [0.5, 0.6) is 0 Å². The van der Waals surface area contributed by atoms with Crippen LogP contribution in [0.3, 0.4) is 0 Å². The topological polar surface area (TPSA) is 32.3 Å². The van der Waals surface area contributed by atoms with Crippen LogP contribution in [0, 0.1) is 5.92 Å². The first-order valence-corrected chi connectivity index (χ1v) is 5.44. The first-order chi connectivity index (χ1) is 7.37. The number of rotatable bonds is 2. The molecule has 2 rings (SSSR count). The molecule has 0 radical (unpaired) electrons. The Labute approximate surface area is 92.0 Å². The summed E-state index contributed by atoms with van der Waals surface area (Å²) in [6.07, 6.45) is -1.68. The van der Waals surface area contributed by atoms with Gasteiger partial charge in [0.1, 0.15) is 6.54 Å². The summed E-state index contributed by atoms with van der Waals surface area (Å²) < 4.78 is 36.4. The van der Waals surface area contributed by atoms with E-state index in [-0.39, 0.29) is 17.9 Å². The summed E-state index contributed by atoms with van der Waals surface area (Å²) in [5.41, 5.74) is 0. The van der Waals surface area contributed by atoms with Gasteiger partial charge in [0.25, 0.3) is 0 Å². The van der Waals surface area contributed by atoms with E-state index in [1.165, 1.54) is 7.05 Å². The molecular weight excluding hydrogens is 221 g/mol. The monoisotopic (exact) mass is 236 g/mol. The van der Waals surface area contributed by atoms with Crippen molar-refractivity contribution in [2.75, 3.05) is 13.6 Å². The van der Waals surface area contributed by atoms with E-state index < -0.39 is 12.7 Å². The third-order valence-electron chi connectivity index (χ3n) is 3.41. The fourth-order valence-electron chi connectivity index (χ4n) is 2.73. The fourth-order valence-corrected chi connectivity index (χ4v) is 2.73. The first-order valence-electron chi connectivity index (χ1n) is 5.44. The highest BCUT2D eigenvalue weighted by Crippen LogP contribution is 2.34. The van der Waals surface area contributed by atoms with Crippen LogP contribution in [0.25, 0.3) is 0 Å². The van der Waals surface area contributed by atoms with Crippen LogP contribution in [0.4, 0.5) is 13.2 Å². The number of fused-ring (bicyclic) bond motifs is 2. The van der Waals surface area contributed by atoms with Crippen LogP contribution < -0.4 is 5.32 Å². The zero-order valence-electron chi connectivity index (χ0n) is 9.05. The molecular formula is C10H15F3N2O. The summed E-state index contributed by atoms with van der Waals surface area (Å²) in [7, 11) is 1.22. The molecule has 2 aliphatic rings. The molecule has 0 saturated carbocycles. The summed E-state index contributed by atoms with van der Waals surface area (Å²) in [6, 6.07) is 0.423. The maximum atomic E-state index is 12.1. The molecule has 1 N–H and O–H groups in total. The van der Waals surface area contributed by atoms with Crippen LogP contribution >= 0.6 is 0 Å². The van der Waals surface area contributed by atoms with Gasteiger partial charge in [-0.1, -0.05) is 0 Å². The summed E-state index contributed by atoms with van der Waals surface area (Å²) in [6.45, 7) is -1.15. The Bertz CT molecular complexity index is 292. The van der Waals surface area contributed by atoms with Gasteiger partial charge in [-0.3, -0.25) is 4.79 Å². The van der Waals surface area contributed by atoms with Crippen molar-refractivity contribution < 1.29 is 18.0 Å². The molecule has 16 heavy (non-hydrogen) atoms. The molecule has 3 nitrogen and oxygen atoms in total. The number of amides is 1. The lowest BCUT2D eigenvalue weighted by atomic mass is 9.88. The predicted molar refractivity (Wildman–Crippen MR) is 51.7 cm³/mol. The van der Waals surface area contributed by atoms with E-state index in [4.69, 9.17) is 0 Å². The zero-order valence-corrected chi connectivity index (χ0v) is 9.05. The highest BCUT2D eigenvalue weighted by Gasteiger charge is 2.44. The van der Waals surface area contributed by atoms with Gasteiger partial charge in [0.15, 0.2) is 0 Å². The highest BCUT2D eigenvalue weighted by molar-refractivity contribution is 5.80. The highest BCUT2D eigenvalue weighted by atomic mass is 19.4. The molecule has 0 aromatic rings. The molecule has 6 heteroatoms. The van der Waals surface area contributed by atoms with Crippen LogP contribution in [0.15, 0.2) is 0 Å². The van der Waals surface area contributed by atoms with E-state index in [1.807, 2.05) is 0 Å². The Morgan fingerprint density at radius 2 is 2.12 bits per heavy atom. The molecule has 2 bridgehead atoms. The lowest BCUT2D eigenvalue weighted by Crippen LogP contribution is -2.42. The molecule has 2 aliphatic heterocycles. The largest absolute Gasteiger partial charge is 0.406 e. The van der Waals surface area contributed by atoms with E-state index in [9.17, 15) is 18.0 Å². The number of hydrogen-bond donors (Lipinski definition) is 1. The number of halogens is 3. The normalized spacial score (nSPS) is 33.1. The third kappa shape index (κ3) is 2.31. The van der Waals surface area contributed by atoms with Crippen molar-refractivity contribution in [2.24, 2.45) is 5.92 Å². The Balaban J connectivity index is 1.92. The summed E-state index contributed by atoms with van der Waals surface area (Å²) >= 11 is 0. The van der Waals surface area contributed by atoms with Crippen molar-refractivity contribution in [3.8, 4) is 0 Å². The maximum absolute atomic E-state index is 12.1. The zero-order chi connectivity index (χ0) is 11.9. The van der Waals surface area contributed by atoms with Gasteiger partial charge in [0.2, 0.25) is 5.91 Å². The average Bonchev–Trinajstić information content (AvgIpc) is 2.74. The molecule has 0 aliphatic carbocycles. The van der Waals surface area contributed by atoms with E-state index in [0.29, 0.717) is 12.5 Å². The summed E-state index contributed by atoms with van der Waals surface area (Å²) in [4.78, 5) is 12.6. The lowest BCUT2D eigenvalue weighted by molar-refractivity contribution is -0.161. The summed E-state index contributed by atoms with van der Waals surface area (Å²) in [5.74, 6) is -0.636. The average molecular weight is 236 g/mol. The number of carbonyl (C=O) groups is 1.